The Kier molecular flexibility index (Phi) is 6.59. The highest BCUT2D eigenvalue weighted by Crippen LogP contribution is 2.43. The molecule has 0 spiro atoms. The summed E-state index contributed by atoms with van der Waals surface area (Å²) in [6.45, 7) is 0. The lowest BCUT2D eigenvalue weighted by Crippen LogP contribution is -2.57. The quantitative estimate of drug-likeness (QED) is 0.218. The average molecular weight is 402 g/mol. The second-order valence-corrected chi connectivity index (χ2v) is 8.07. The maximum atomic E-state index is 12.7. The molecule has 5 unspecified atom stereocenters. The van der Waals surface area contributed by atoms with Gasteiger partial charge in [-0.15, -0.1) is 4.99 Å². The number of hydrogen-bond acceptors (Lipinski definition) is 6. The van der Waals surface area contributed by atoms with Crippen molar-refractivity contribution in [3.05, 3.63) is 30.0 Å². The number of methoxy groups -OCH3 is 1. The van der Waals surface area contributed by atoms with E-state index in [4.69, 9.17) is 15.2 Å². The lowest BCUT2D eigenvalue weighted by Gasteiger charge is -2.35. The number of aliphatic imine (C=N–C) groups is 1. The summed E-state index contributed by atoms with van der Waals surface area (Å²) in [5.41, 5.74) is 6.04. The number of carbonyl (C=O) groups excluding carboxylic acids is 3. The van der Waals surface area contributed by atoms with Crippen LogP contribution in [0.25, 0.3) is 0 Å². The van der Waals surface area contributed by atoms with E-state index in [9.17, 15) is 14.4 Å². The smallest absolute Gasteiger partial charge is 0.383 e. The molecule has 29 heavy (non-hydrogen) atoms. The van der Waals surface area contributed by atoms with Gasteiger partial charge in [0.25, 0.3) is 0 Å². The molecule has 156 valence electrons. The van der Waals surface area contributed by atoms with Crippen molar-refractivity contribution in [1.29, 1.82) is 0 Å². The van der Waals surface area contributed by atoms with E-state index in [0.29, 0.717) is 24.2 Å². The molecule has 0 aromatic heterocycles. The Morgan fingerprint density at radius 1 is 1.48 bits per heavy atom. The number of likely N-dealkylation sites (N-methyl/N-ethyl adjacent to an activating group) is 1. The number of hydrogen-bond donors (Lipinski definition) is 1. The molecule has 8 heteroatoms. The van der Waals surface area contributed by atoms with Crippen LogP contribution in [0, 0.1) is 11.8 Å². The SMILES string of the molecule is COC1C(CC(=C=O)/C=C\C=O)C(CC2CCC2)OC1[N+]1(C)C=CC(N)=NC1=O. The standard InChI is InChI=1S/C21H27N3O5/c1-24(9-8-18(22)23-21(24)27)20-19(28-2)16(11-15(13-26)7-4-10-25)17(29-20)12-14-5-3-6-14/h4,7-10,14,16-17,19-20H,3,5-6,11-12H2,1-2H3,(H-,22,23,27)/p+1/b7-4-. The monoisotopic (exact) mass is 402 g/mol. The summed E-state index contributed by atoms with van der Waals surface area (Å²) in [6, 6.07) is -0.424. The van der Waals surface area contributed by atoms with Crippen LogP contribution in [0.2, 0.25) is 0 Å². The molecule has 2 heterocycles. The maximum absolute atomic E-state index is 12.7. The van der Waals surface area contributed by atoms with Gasteiger partial charge >= 0.3 is 6.03 Å². The molecule has 2 fully saturated rings. The molecular weight excluding hydrogens is 374 g/mol. The molecule has 3 aliphatic rings. The molecular formula is C21H28N3O5+. The second-order valence-electron chi connectivity index (χ2n) is 8.07. The Bertz CT molecular complexity index is 794. The minimum absolute atomic E-state index is 0.155. The number of nitrogens with two attached hydrogens (primary N) is 1. The predicted octanol–water partition coefficient (Wildman–Crippen LogP) is 1.89. The van der Waals surface area contributed by atoms with Crippen molar-refractivity contribution in [2.24, 2.45) is 22.6 Å². The molecule has 3 rings (SSSR count). The Hall–Kier alpha value is -2.38. The molecule has 0 aromatic rings. The zero-order valence-electron chi connectivity index (χ0n) is 16.8. The van der Waals surface area contributed by atoms with E-state index < -0.39 is 18.4 Å². The van der Waals surface area contributed by atoms with Crippen LogP contribution in [0.5, 0.6) is 0 Å². The van der Waals surface area contributed by atoms with Gasteiger partial charge in [-0.2, -0.15) is 4.48 Å². The molecule has 2 amide bonds. The minimum atomic E-state index is -0.612. The van der Waals surface area contributed by atoms with Crippen molar-refractivity contribution in [1.82, 2.24) is 0 Å². The zero-order valence-corrected chi connectivity index (χ0v) is 16.8. The van der Waals surface area contributed by atoms with E-state index in [-0.39, 0.29) is 22.3 Å². The van der Waals surface area contributed by atoms with Gasteiger partial charge in [0.15, 0.2) is 0 Å². The van der Waals surface area contributed by atoms with E-state index in [0.717, 1.165) is 19.3 Å². The van der Waals surface area contributed by atoms with Gasteiger partial charge in [0.2, 0.25) is 6.23 Å². The summed E-state index contributed by atoms with van der Waals surface area (Å²) in [4.78, 5) is 38.7. The Labute approximate surface area is 170 Å². The van der Waals surface area contributed by atoms with Crippen molar-refractivity contribution in [2.75, 3.05) is 14.2 Å². The first-order chi connectivity index (χ1) is 13.9. The minimum Gasteiger partial charge on any atom is -0.383 e. The van der Waals surface area contributed by atoms with Gasteiger partial charge in [-0.1, -0.05) is 19.3 Å². The van der Waals surface area contributed by atoms with E-state index in [1.54, 1.807) is 26.4 Å². The number of allylic oxidation sites excluding steroid dienone is 3. The number of quaternary nitrogens is 1. The lowest BCUT2D eigenvalue weighted by atomic mass is 9.77. The molecule has 5 atom stereocenters. The third kappa shape index (κ3) is 4.31. The highest BCUT2D eigenvalue weighted by molar-refractivity contribution is 5.99. The normalized spacial score (nSPS) is 34.7. The van der Waals surface area contributed by atoms with Crippen molar-refractivity contribution in [2.45, 2.75) is 50.5 Å². The topological polar surface area (TPSA) is 108 Å². The van der Waals surface area contributed by atoms with Crippen LogP contribution < -0.4 is 5.73 Å². The number of rotatable bonds is 8. The van der Waals surface area contributed by atoms with Crippen molar-refractivity contribution >= 4 is 24.1 Å². The summed E-state index contributed by atoms with van der Waals surface area (Å²) in [5.74, 6) is 2.49. The van der Waals surface area contributed by atoms with E-state index in [1.807, 2.05) is 5.94 Å². The van der Waals surface area contributed by atoms with Crippen molar-refractivity contribution < 1.29 is 28.3 Å². The number of urea groups is 1. The average Bonchev–Trinajstić information content (AvgIpc) is 3.02. The maximum Gasteiger partial charge on any atom is 0.451 e. The van der Waals surface area contributed by atoms with Crippen molar-refractivity contribution in [3.63, 3.8) is 0 Å². The molecule has 0 bridgehead atoms. The highest BCUT2D eigenvalue weighted by Gasteiger charge is 2.57. The first-order valence-corrected chi connectivity index (χ1v) is 9.90. The van der Waals surface area contributed by atoms with Gasteiger partial charge in [-0.3, -0.25) is 4.79 Å². The number of ether oxygens (including phenoxy) is 2. The molecule has 2 aliphatic heterocycles. The molecule has 8 nitrogen and oxygen atoms in total. The molecule has 0 radical (unpaired) electrons. The highest BCUT2D eigenvalue weighted by atomic mass is 16.6. The summed E-state index contributed by atoms with van der Waals surface area (Å²) >= 11 is 0. The first-order valence-electron chi connectivity index (χ1n) is 9.90. The number of aldehydes is 1. The number of carbonyl (C=O) groups is 2. The van der Waals surface area contributed by atoms with Crippen LogP contribution in [0.3, 0.4) is 0 Å². The predicted molar refractivity (Wildman–Crippen MR) is 106 cm³/mol. The van der Waals surface area contributed by atoms with Gasteiger partial charge in [0.05, 0.1) is 13.2 Å². The third-order valence-corrected chi connectivity index (χ3v) is 6.24. The second kappa shape index (κ2) is 8.97. The van der Waals surface area contributed by atoms with Crippen LogP contribution >= 0.6 is 0 Å². The lowest BCUT2D eigenvalue weighted by molar-refractivity contribution is -0.835. The number of amidine groups is 1. The van der Waals surface area contributed by atoms with Gasteiger partial charge < -0.3 is 15.2 Å². The Morgan fingerprint density at radius 3 is 2.79 bits per heavy atom. The number of amides is 2. The van der Waals surface area contributed by atoms with E-state index in [2.05, 4.69) is 4.99 Å². The molecule has 1 saturated heterocycles. The molecule has 1 aliphatic carbocycles. The van der Waals surface area contributed by atoms with Gasteiger partial charge in [0, 0.05) is 24.7 Å². The summed E-state index contributed by atoms with van der Waals surface area (Å²) < 4.78 is 12.0. The fourth-order valence-corrected chi connectivity index (χ4v) is 4.34. The van der Waals surface area contributed by atoms with Crippen LogP contribution in [0.1, 0.15) is 32.1 Å². The van der Waals surface area contributed by atoms with Crippen LogP contribution in [0.4, 0.5) is 4.79 Å². The first kappa shape index (κ1) is 21.3. The van der Waals surface area contributed by atoms with Crippen LogP contribution in [-0.4, -0.2) is 61.2 Å². The van der Waals surface area contributed by atoms with Gasteiger partial charge in [-0.05, 0) is 30.9 Å². The Balaban J connectivity index is 1.89. The van der Waals surface area contributed by atoms with Gasteiger partial charge in [-0.25, -0.2) is 9.59 Å². The van der Waals surface area contributed by atoms with E-state index in [1.165, 1.54) is 18.6 Å². The van der Waals surface area contributed by atoms with Crippen LogP contribution in [-0.2, 0) is 19.1 Å². The fourth-order valence-electron chi connectivity index (χ4n) is 4.34. The summed E-state index contributed by atoms with van der Waals surface area (Å²) in [5, 5.41) is 0. The largest absolute Gasteiger partial charge is 0.451 e. The third-order valence-electron chi connectivity index (χ3n) is 6.24. The summed E-state index contributed by atoms with van der Waals surface area (Å²) in [7, 11) is 3.30. The number of nitrogens with zero attached hydrogens (tertiary/aromatic N) is 2. The zero-order chi connectivity index (χ0) is 21.0. The van der Waals surface area contributed by atoms with Crippen molar-refractivity contribution in [3.8, 4) is 0 Å². The van der Waals surface area contributed by atoms with Gasteiger partial charge in [0.1, 0.15) is 30.4 Å². The molecule has 1 saturated carbocycles. The van der Waals surface area contributed by atoms with Crippen LogP contribution in [0.15, 0.2) is 35.0 Å². The fraction of sp³-hybridized carbons (Fsp3) is 0.571. The van der Waals surface area contributed by atoms with E-state index >= 15 is 0 Å². The molecule has 0 aromatic carbocycles. The molecule has 2 N–H and O–H groups in total. The Morgan fingerprint density at radius 2 is 2.24 bits per heavy atom. The summed E-state index contributed by atoms with van der Waals surface area (Å²) in [6.07, 6.45) is 10.1.